The number of carbonyl (C=O) groups excluding carboxylic acids is 2. The van der Waals surface area contributed by atoms with Gasteiger partial charge in [0, 0.05) is 16.3 Å². The molecule has 0 radical (unpaired) electrons. The molecule has 128 valence electrons. The number of ether oxygens (including phenoxy) is 1. The maximum Gasteiger partial charge on any atom is 0.343 e. The number of methoxy groups -OCH3 is 1. The fourth-order valence-electron chi connectivity index (χ4n) is 2.84. The van der Waals surface area contributed by atoms with Gasteiger partial charge in [0.1, 0.15) is 5.57 Å². The van der Waals surface area contributed by atoms with E-state index in [9.17, 15) is 9.59 Å². The maximum atomic E-state index is 12.9. The lowest BCUT2D eigenvalue weighted by Gasteiger charge is -2.21. The Labute approximate surface area is 151 Å². The van der Waals surface area contributed by atoms with Gasteiger partial charge in [-0.15, -0.1) is 11.3 Å². The van der Waals surface area contributed by atoms with Crippen molar-refractivity contribution in [2.24, 2.45) is 0 Å². The van der Waals surface area contributed by atoms with Crippen LogP contribution in [-0.4, -0.2) is 18.9 Å². The van der Waals surface area contributed by atoms with Crippen LogP contribution in [0, 0.1) is 13.8 Å². The summed E-state index contributed by atoms with van der Waals surface area (Å²) in [4.78, 5) is 27.9. The van der Waals surface area contributed by atoms with E-state index in [0.29, 0.717) is 11.4 Å². The number of benzene rings is 1. The Morgan fingerprint density at radius 1 is 1.12 bits per heavy atom. The zero-order valence-electron chi connectivity index (χ0n) is 14.6. The molecule has 0 unspecified atom stereocenters. The first-order valence-corrected chi connectivity index (χ1v) is 8.78. The van der Waals surface area contributed by atoms with E-state index >= 15 is 0 Å². The molecule has 0 atom stereocenters. The summed E-state index contributed by atoms with van der Waals surface area (Å²) in [6.45, 7) is 5.78. The van der Waals surface area contributed by atoms with Gasteiger partial charge < -0.3 is 9.64 Å². The van der Waals surface area contributed by atoms with E-state index in [1.165, 1.54) is 7.11 Å². The Kier molecular flexibility index (Phi) is 4.59. The number of hydrogen-bond donors (Lipinski definition) is 0. The molecule has 1 aliphatic rings. The monoisotopic (exact) mass is 353 g/mol. The maximum absolute atomic E-state index is 12.9. The Balaban J connectivity index is 2.17. The molecule has 0 amide bonds. The van der Waals surface area contributed by atoms with Crippen LogP contribution in [0.3, 0.4) is 0 Å². The highest BCUT2D eigenvalue weighted by Crippen LogP contribution is 2.36. The number of ketones is 1. The van der Waals surface area contributed by atoms with Crippen LogP contribution in [0.4, 0.5) is 5.69 Å². The predicted molar refractivity (Wildman–Crippen MR) is 100 cm³/mol. The zero-order chi connectivity index (χ0) is 18.1. The molecule has 1 aliphatic heterocycles. The fourth-order valence-corrected chi connectivity index (χ4v) is 3.69. The number of anilines is 1. The molecule has 1 aromatic carbocycles. The zero-order valence-corrected chi connectivity index (χ0v) is 15.4. The summed E-state index contributed by atoms with van der Waals surface area (Å²) in [7, 11) is 1.29. The number of aryl methyl sites for hydroxylation is 2. The average molecular weight is 353 g/mol. The highest BCUT2D eigenvalue weighted by molar-refractivity contribution is 7.11. The normalized spacial score (nSPS) is 16.1. The minimum absolute atomic E-state index is 0.0866. The van der Waals surface area contributed by atoms with Crippen LogP contribution in [0.2, 0.25) is 0 Å². The SMILES string of the molecule is COC(=O)C1=C(C)N(c2ccc(C)cc2)C(=Cc2sccc2C)C1=O. The number of nitrogens with zero attached hydrogens (tertiary/aromatic N) is 1. The summed E-state index contributed by atoms with van der Waals surface area (Å²) in [6, 6.07) is 9.87. The van der Waals surface area contributed by atoms with Crippen LogP contribution >= 0.6 is 11.3 Å². The third-order valence-electron chi connectivity index (χ3n) is 4.25. The first kappa shape index (κ1) is 17.2. The van der Waals surface area contributed by atoms with E-state index in [0.717, 1.165) is 21.7 Å². The van der Waals surface area contributed by atoms with Gasteiger partial charge in [0.2, 0.25) is 5.78 Å². The van der Waals surface area contributed by atoms with Crippen LogP contribution < -0.4 is 4.90 Å². The molecule has 0 aliphatic carbocycles. The number of Topliss-reactive ketones (excluding diaryl/α,β-unsaturated/α-hetero) is 1. The van der Waals surface area contributed by atoms with Crippen LogP contribution in [0.1, 0.15) is 22.9 Å². The summed E-state index contributed by atoms with van der Waals surface area (Å²) in [6.07, 6.45) is 1.85. The Bertz CT molecular complexity index is 903. The first-order chi connectivity index (χ1) is 11.9. The molecule has 0 saturated carbocycles. The molecule has 5 heteroatoms. The molecule has 4 nitrogen and oxygen atoms in total. The summed E-state index contributed by atoms with van der Waals surface area (Å²) in [5.74, 6) is -0.913. The minimum Gasteiger partial charge on any atom is -0.465 e. The summed E-state index contributed by atoms with van der Waals surface area (Å²) in [5.41, 5.74) is 4.20. The number of hydrogen-bond acceptors (Lipinski definition) is 5. The van der Waals surface area contributed by atoms with Crippen LogP contribution in [0.15, 0.2) is 52.7 Å². The molecule has 1 aromatic heterocycles. The largest absolute Gasteiger partial charge is 0.465 e. The number of rotatable bonds is 3. The second kappa shape index (κ2) is 6.69. The van der Waals surface area contributed by atoms with Gasteiger partial charge in [-0.2, -0.15) is 0 Å². The van der Waals surface area contributed by atoms with Crippen molar-refractivity contribution < 1.29 is 14.3 Å². The van der Waals surface area contributed by atoms with Gasteiger partial charge in [0.05, 0.1) is 12.8 Å². The van der Waals surface area contributed by atoms with Gasteiger partial charge >= 0.3 is 5.97 Å². The van der Waals surface area contributed by atoms with Crippen molar-refractivity contribution in [3.05, 3.63) is 68.7 Å². The quantitative estimate of drug-likeness (QED) is 0.470. The highest BCUT2D eigenvalue weighted by Gasteiger charge is 2.38. The van der Waals surface area contributed by atoms with Crippen LogP contribution in [-0.2, 0) is 14.3 Å². The van der Waals surface area contributed by atoms with Crippen molar-refractivity contribution in [2.75, 3.05) is 12.0 Å². The molecule has 0 N–H and O–H groups in total. The Morgan fingerprint density at radius 3 is 2.36 bits per heavy atom. The molecule has 25 heavy (non-hydrogen) atoms. The minimum atomic E-state index is -0.606. The number of thiophene rings is 1. The van der Waals surface area contributed by atoms with Gasteiger partial charge in [0.15, 0.2) is 0 Å². The van der Waals surface area contributed by atoms with Crippen molar-refractivity contribution in [2.45, 2.75) is 20.8 Å². The second-order valence-electron chi connectivity index (χ2n) is 5.95. The molecule has 2 heterocycles. The van der Waals surface area contributed by atoms with Gasteiger partial charge in [-0.1, -0.05) is 17.7 Å². The molecular weight excluding hydrogens is 334 g/mol. The van der Waals surface area contributed by atoms with Crippen molar-refractivity contribution in [3.8, 4) is 0 Å². The van der Waals surface area contributed by atoms with E-state index in [1.54, 1.807) is 18.3 Å². The lowest BCUT2D eigenvalue weighted by Crippen LogP contribution is -2.18. The van der Waals surface area contributed by atoms with Gasteiger partial charge in [-0.3, -0.25) is 4.79 Å². The molecule has 0 saturated heterocycles. The van der Waals surface area contributed by atoms with E-state index in [-0.39, 0.29) is 11.4 Å². The lowest BCUT2D eigenvalue weighted by molar-refractivity contribution is -0.137. The van der Waals surface area contributed by atoms with E-state index in [1.807, 2.05) is 60.5 Å². The van der Waals surface area contributed by atoms with Crippen molar-refractivity contribution >= 4 is 34.9 Å². The smallest absolute Gasteiger partial charge is 0.343 e. The molecule has 0 bridgehead atoms. The second-order valence-corrected chi connectivity index (χ2v) is 6.90. The van der Waals surface area contributed by atoms with Crippen molar-refractivity contribution in [3.63, 3.8) is 0 Å². The number of allylic oxidation sites excluding steroid dienone is 2. The van der Waals surface area contributed by atoms with E-state index < -0.39 is 5.97 Å². The Morgan fingerprint density at radius 2 is 1.80 bits per heavy atom. The predicted octanol–water partition coefficient (Wildman–Crippen LogP) is 4.24. The van der Waals surface area contributed by atoms with Crippen LogP contribution in [0.5, 0.6) is 0 Å². The topological polar surface area (TPSA) is 46.6 Å². The van der Waals surface area contributed by atoms with Crippen molar-refractivity contribution in [1.29, 1.82) is 0 Å². The lowest BCUT2D eigenvalue weighted by atomic mass is 10.1. The van der Waals surface area contributed by atoms with Crippen molar-refractivity contribution in [1.82, 2.24) is 0 Å². The number of esters is 1. The van der Waals surface area contributed by atoms with Gasteiger partial charge in [0.25, 0.3) is 0 Å². The fraction of sp³-hybridized carbons (Fsp3) is 0.200. The highest BCUT2D eigenvalue weighted by atomic mass is 32.1. The number of carbonyl (C=O) groups is 2. The molecule has 0 spiro atoms. The van der Waals surface area contributed by atoms with Gasteiger partial charge in [-0.05, 0) is 56.0 Å². The summed E-state index contributed by atoms with van der Waals surface area (Å²) < 4.78 is 4.82. The average Bonchev–Trinajstić information content (AvgIpc) is 3.10. The molecular formula is C20H19NO3S. The van der Waals surface area contributed by atoms with Gasteiger partial charge in [-0.25, -0.2) is 4.79 Å². The van der Waals surface area contributed by atoms with Crippen LogP contribution in [0.25, 0.3) is 6.08 Å². The molecule has 2 aromatic rings. The third-order valence-corrected chi connectivity index (χ3v) is 5.21. The summed E-state index contributed by atoms with van der Waals surface area (Å²) in [5, 5.41) is 1.98. The molecule has 3 rings (SSSR count). The van der Waals surface area contributed by atoms with E-state index in [2.05, 4.69) is 0 Å². The first-order valence-electron chi connectivity index (χ1n) is 7.90. The van der Waals surface area contributed by atoms with E-state index in [4.69, 9.17) is 4.74 Å². The third kappa shape index (κ3) is 3.03. The standard InChI is InChI=1S/C20H19NO3S/c1-12-5-7-15(8-6-12)21-14(3)18(20(23)24-4)19(22)16(21)11-17-13(2)9-10-25-17/h5-11H,1-4H3. The Hall–Kier alpha value is -2.66. The molecule has 0 fully saturated rings. The summed E-state index contributed by atoms with van der Waals surface area (Å²) >= 11 is 1.56.